The Hall–Kier alpha value is -0.830. The van der Waals surface area contributed by atoms with Crippen LogP contribution in [0.2, 0.25) is 0 Å². The van der Waals surface area contributed by atoms with Gasteiger partial charge in [-0.2, -0.15) is 0 Å². The van der Waals surface area contributed by atoms with Crippen molar-refractivity contribution in [3.63, 3.8) is 0 Å². The number of carboxylic acid groups (broad SMARTS) is 1. The molecule has 0 bridgehead atoms. The Labute approximate surface area is 154 Å². The van der Waals surface area contributed by atoms with E-state index < -0.39 is 5.97 Å². The van der Waals surface area contributed by atoms with Gasteiger partial charge in [0.1, 0.15) is 6.10 Å². The summed E-state index contributed by atoms with van der Waals surface area (Å²) in [6.07, 6.45) is 21.6. The summed E-state index contributed by atoms with van der Waals surface area (Å²) in [6.45, 7) is 2.27. The number of carboxylic acids is 1. The molecule has 2 aliphatic rings. The fraction of sp³-hybridized carbons (Fsp3) is 0.864. The van der Waals surface area contributed by atoms with Crippen LogP contribution in [0.3, 0.4) is 0 Å². The molecule has 1 heterocycles. The van der Waals surface area contributed by atoms with Crippen LogP contribution in [0.5, 0.6) is 0 Å². The average molecular weight is 351 g/mol. The molecule has 0 amide bonds. The van der Waals surface area contributed by atoms with Crippen molar-refractivity contribution in [2.45, 2.75) is 115 Å². The Bertz CT molecular complexity index is 415. The Morgan fingerprint density at radius 2 is 1.64 bits per heavy atom. The van der Waals surface area contributed by atoms with E-state index in [1.54, 1.807) is 0 Å². The lowest BCUT2D eigenvalue weighted by atomic mass is 9.83. The van der Waals surface area contributed by atoms with Gasteiger partial charge in [0.25, 0.3) is 0 Å². The van der Waals surface area contributed by atoms with Gasteiger partial charge in [-0.1, -0.05) is 77.2 Å². The number of allylic oxidation sites excluding steroid dienone is 1. The maximum atomic E-state index is 10.8. The van der Waals surface area contributed by atoms with Crippen LogP contribution in [0.1, 0.15) is 103 Å². The van der Waals surface area contributed by atoms with Gasteiger partial charge >= 0.3 is 5.97 Å². The first-order valence-electron chi connectivity index (χ1n) is 10.8. The van der Waals surface area contributed by atoms with Crippen molar-refractivity contribution in [3.8, 4) is 0 Å². The smallest absolute Gasteiger partial charge is 0.303 e. The van der Waals surface area contributed by atoms with Crippen LogP contribution in [0.25, 0.3) is 0 Å². The predicted octanol–water partition coefficient (Wildman–Crippen LogP) is 6.27. The number of unbranched alkanes of at least 4 members (excludes halogenated alkanes) is 11. The second-order valence-electron chi connectivity index (χ2n) is 8.02. The summed E-state index contributed by atoms with van der Waals surface area (Å²) in [4.78, 5) is 10.8. The summed E-state index contributed by atoms with van der Waals surface area (Å²) in [5, 5.41) is 8.92. The zero-order valence-electron chi connectivity index (χ0n) is 16.2. The first-order chi connectivity index (χ1) is 12.2. The molecule has 0 unspecified atom stereocenters. The topological polar surface area (TPSA) is 49.8 Å². The van der Waals surface area contributed by atoms with Crippen molar-refractivity contribution in [1.82, 2.24) is 0 Å². The first kappa shape index (κ1) is 20.5. The molecule has 144 valence electrons. The van der Waals surface area contributed by atoms with Crippen LogP contribution in [0.15, 0.2) is 11.6 Å². The normalized spacial score (nSPS) is 26.6. The number of hydrogen-bond acceptors (Lipinski definition) is 2. The molecule has 0 aromatic carbocycles. The molecule has 0 aromatic heterocycles. The number of fused-ring (bicyclic) bond motifs is 1. The van der Waals surface area contributed by atoms with E-state index >= 15 is 0 Å². The highest BCUT2D eigenvalue weighted by atomic mass is 16.6. The van der Waals surface area contributed by atoms with Gasteiger partial charge in [-0.15, -0.1) is 0 Å². The summed E-state index contributed by atoms with van der Waals surface area (Å²) in [5.74, 6) is -0.450. The van der Waals surface area contributed by atoms with Crippen LogP contribution in [-0.4, -0.2) is 23.3 Å². The lowest BCUT2D eigenvalue weighted by Gasteiger charge is -2.18. The zero-order chi connectivity index (χ0) is 17.9. The molecule has 1 N–H and O–H groups in total. The predicted molar refractivity (Wildman–Crippen MR) is 103 cm³/mol. The van der Waals surface area contributed by atoms with E-state index in [1.165, 1.54) is 82.6 Å². The molecule has 0 spiro atoms. The number of carbonyl (C=O) groups is 1. The first-order valence-corrected chi connectivity index (χ1v) is 10.8. The second-order valence-corrected chi connectivity index (χ2v) is 8.02. The van der Waals surface area contributed by atoms with Crippen molar-refractivity contribution < 1.29 is 14.6 Å². The van der Waals surface area contributed by atoms with Crippen LogP contribution in [0, 0.1) is 5.92 Å². The van der Waals surface area contributed by atoms with Gasteiger partial charge in [0.05, 0.1) is 12.5 Å². The minimum atomic E-state index is -0.687. The van der Waals surface area contributed by atoms with E-state index in [-0.39, 0.29) is 24.5 Å². The molecule has 3 nitrogen and oxygen atoms in total. The highest BCUT2D eigenvalue weighted by Crippen LogP contribution is 2.45. The van der Waals surface area contributed by atoms with Crippen molar-refractivity contribution in [1.29, 1.82) is 0 Å². The second kappa shape index (κ2) is 11.7. The van der Waals surface area contributed by atoms with Crippen LogP contribution in [0.4, 0.5) is 0 Å². The van der Waals surface area contributed by atoms with Crippen molar-refractivity contribution in [2.75, 3.05) is 0 Å². The third-order valence-corrected chi connectivity index (χ3v) is 5.81. The van der Waals surface area contributed by atoms with E-state index in [2.05, 4.69) is 13.0 Å². The van der Waals surface area contributed by atoms with Crippen molar-refractivity contribution in [2.24, 2.45) is 5.92 Å². The standard InChI is InChI=1S/C22H38O3/c1-2-3-4-5-6-7-8-9-10-11-12-13-14-18-15-16-19(17-20(23)24)22-21(18)25-22/h14,19,21-22H,2-13,15-17H2,1H3,(H,23,24)/b18-14+/t19-,21+,22-/m1/s1. The number of aliphatic carboxylic acids is 1. The third-order valence-electron chi connectivity index (χ3n) is 5.81. The van der Waals surface area contributed by atoms with Gasteiger partial charge in [-0.05, 0) is 37.2 Å². The molecule has 0 radical (unpaired) electrons. The Morgan fingerprint density at radius 1 is 1.04 bits per heavy atom. The number of ether oxygens (including phenoxy) is 1. The summed E-state index contributed by atoms with van der Waals surface area (Å²) in [7, 11) is 0. The van der Waals surface area contributed by atoms with E-state index in [0.717, 1.165) is 12.8 Å². The average Bonchev–Trinajstić information content (AvgIpc) is 3.38. The molecule has 2 fully saturated rings. The van der Waals surface area contributed by atoms with E-state index in [9.17, 15) is 4.79 Å². The Balaban J connectivity index is 1.42. The molecule has 2 rings (SSSR count). The van der Waals surface area contributed by atoms with E-state index in [1.807, 2.05) is 0 Å². The van der Waals surface area contributed by atoms with Gasteiger partial charge in [-0.25, -0.2) is 0 Å². The molecule has 3 heteroatoms. The maximum absolute atomic E-state index is 10.8. The summed E-state index contributed by atoms with van der Waals surface area (Å²) >= 11 is 0. The molecule has 0 aromatic rings. The zero-order valence-corrected chi connectivity index (χ0v) is 16.2. The quantitative estimate of drug-likeness (QED) is 0.228. The van der Waals surface area contributed by atoms with E-state index in [4.69, 9.17) is 9.84 Å². The summed E-state index contributed by atoms with van der Waals surface area (Å²) in [5.41, 5.74) is 1.44. The van der Waals surface area contributed by atoms with Gasteiger partial charge in [-0.3, -0.25) is 4.79 Å². The third kappa shape index (κ3) is 7.94. The van der Waals surface area contributed by atoms with Crippen LogP contribution >= 0.6 is 0 Å². The largest absolute Gasteiger partial charge is 0.481 e. The summed E-state index contributed by atoms with van der Waals surface area (Å²) < 4.78 is 5.73. The monoisotopic (exact) mass is 350 g/mol. The van der Waals surface area contributed by atoms with Crippen molar-refractivity contribution >= 4 is 5.97 Å². The number of rotatable bonds is 14. The Morgan fingerprint density at radius 3 is 2.24 bits per heavy atom. The Kier molecular flexibility index (Phi) is 9.60. The fourth-order valence-corrected chi connectivity index (χ4v) is 4.20. The SMILES string of the molecule is CCCCCCCCCCCCC/C=C1\CC[C@H](CC(=O)O)[C@H]2O[C@@H]12. The lowest BCUT2D eigenvalue weighted by Crippen LogP contribution is -2.21. The van der Waals surface area contributed by atoms with Crippen molar-refractivity contribution in [3.05, 3.63) is 11.6 Å². The molecule has 1 saturated heterocycles. The lowest BCUT2D eigenvalue weighted by molar-refractivity contribution is -0.138. The number of hydrogen-bond donors (Lipinski definition) is 1. The molecular weight excluding hydrogens is 312 g/mol. The molecule has 3 atom stereocenters. The minimum absolute atomic E-state index is 0.202. The highest BCUT2D eigenvalue weighted by Gasteiger charge is 2.50. The maximum Gasteiger partial charge on any atom is 0.303 e. The van der Waals surface area contributed by atoms with Gasteiger partial charge in [0.15, 0.2) is 0 Å². The molecular formula is C22H38O3. The van der Waals surface area contributed by atoms with Crippen LogP contribution < -0.4 is 0 Å². The number of epoxide rings is 1. The fourth-order valence-electron chi connectivity index (χ4n) is 4.20. The van der Waals surface area contributed by atoms with Gasteiger partial charge < -0.3 is 9.84 Å². The van der Waals surface area contributed by atoms with Crippen LogP contribution in [-0.2, 0) is 9.53 Å². The van der Waals surface area contributed by atoms with Gasteiger partial charge in [0.2, 0.25) is 0 Å². The molecule has 25 heavy (non-hydrogen) atoms. The minimum Gasteiger partial charge on any atom is -0.481 e. The molecule has 1 aliphatic carbocycles. The summed E-state index contributed by atoms with van der Waals surface area (Å²) in [6, 6.07) is 0. The molecule has 1 saturated carbocycles. The molecule has 1 aliphatic heterocycles. The van der Waals surface area contributed by atoms with E-state index in [0.29, 0.717) is 0 Å². The van der Waals surface area contributed by atoms with Gasteiger partial charge in [0, 0.05) is 0 Å². The highest BCUT2D eigenvalue weighted by molar-refractivity contribution is 5.67.